The summed E-state index contributed by atoms with van der Waals surface area (Å²) in [5, 5.41) is 13.8. The third-order valence-electron chi connectivity index (χ3n) is 4.26. The Morgan fingerprint density at radius 3 is 2.40 bits per heavy atom. The van der Waals surface area contributed by atoms with E-state index in [1.165, 1.54) is 24.3 Å². The van der Waals surface area contributed by atoms with Crippen LogP contribution in [0, 0.1) is 10.1 Å². The summed E-state index contributed by atoms with van der Waals surface area (Å²) in [5.41, 5.74) is 0.386. The average Bonchev–Trinajstić information content (AvgIpc) is 2.75. The van der Waals surface area contributed by atoms with Crippen LogP contribution in [0.4, 0.5) is 11.4 Å². The summed E-state index contributed by atoms with van der Waals surface area (Å²) in [7, 11) is 0. The van der Waals surface area contributed by atoms with E-state index in [-0.39, 0.29) is 27.4 Å². The van der Waals surface area contributed by atoms with Gasteiger partial charge in [0.2, 0.25) is 0 Å². The molecular formula is C22H17ClN2O5. The average molecular weight is 425 g/mol. The van der Waals surface area contributed by atoms with Crippen LogP contribution in [-0.4, -0.2) is 23.2 Å². The predicted molar refractivity (Wildman–Crippen MR) is 114 cm³/mol. The van der Waals surface area contributed by atoms with Crippen LogP contribution < -0.4 is 10.1 Å². The quantitative estimate of drug-likeness (QED) is 0.322. The fraction of sp³-hybridized carbons (Fsp3) is 0.0909. The van der Waals surface area contributed by atoms with Crippen LogP contribution in [0.1, 0.15) is 33.2 Å². The second-order valence-electron chi connectivity index (χ2n) is 6.18. The van der Waals surface area contributed by atoms with Crippen molar-refractivity contribution in [3.05, 3.63) is 98.6 Å². The first-order chi connectivity index (χ1) is 14.4. The highest BCUT2D eigenvalue weighted by Crippen LogP contribution is 2.28. The molecule has 1 N–H and O–H groups in total. The van der Waals surface area contributed by atoms with Crippen molar-refractivity contribution >= 4 is 34.7 Å². The molecule has 3 rings (SSSR count). The van der Waals surface area contributed by atoms with Crippen LogP contribution in [0.3, 0.4) is 0 Å². The molecule has 0 saturated carbocycles. The molecule has 3 aromatic rings. The maximum Gasteiger partial charge on any atom is 0.288 e. The summed E-state index contributed by atoms with van der Waals surface area (Å²) < 4.78 is 5.51. The van der Waals surface area contributed by atoms with Gasteiger partial charge >= 0.3 is 0 Å². The van der Waals surface area contributed by atoms with Crippen LogP contribution >= 0.6 is 11.6 Å². The van der Waals surface area contributed by atoms with Crippen molar-refractivity contribution in [2.24, 2.45) is 0 Å². The number of carbonyl (C=O) groups excluding carboxylic acids is 2. The third-order valence-corrected chi connectivity index (χ3v) is 4.58. The number of nitro benzene ring substituents is 1. The Kier molecular flexibility index (Phi) is 6.44. The van der Waals surface area contributed by atoms with E-state index in [4.69, 9.17) is 16.3 Å². The molecular weight excluding hydrogens is 408 g/mol. The summed E-state index contributed by atoms with van der Waals surface area (Å²) in [5.74, 6) is -0.529. The number of ether oxygens (including phenoxy) is 1. The molecule has 0 saturated heterocycles. The molecule has 0 bridgehead atoms. The molecule has 0 unspecified atom stereocenters. The number of nitrogens with one attached hydrogen (secondary N) is 1. The van der Waals surface area contributed by atoms with Gasteiger partial charge in [0.05, 0.1) is 22.8 Å². The van der Waals surface area contributed by atoms with E-state index >= 15 is 0 Å². The van der Waals surface area contributed by atoms with Crippen molar-refractivity contribution in [1.82, 2.24) is 0 Å². The highest BCUT2D eigenvalue weighted by Gasteiger charge is 2.22. The van der Waals surface area contributed by atoms with E-state index < -0.39 is 16.6 Å². The lowest BCUT2D eigenvalue weighted by Gasteiger charge is -2.13. The topological polar surface area (TPSA) is 98.5 Å². The number of anilines is 1. The molecule has 30 heavy (non-hydrogen) atoms. The van der Waals surface area contributed by atoms with Gasteiger partial charge in [-0.15, -0.1) is 0 Å². The number of hydrogen-bond acceptors (Lipinski definition) is 5. The van der Waals surface area contributed by atoms with Crippen LogP contribution in [0.25, 0.3) is 0 Å². The molecule has 152 valence electrons. The molecule has 0 heterocycles. The van der Waals surface area contributed by atoms with Gasteiger partial charge in [-0.05, 0) is 37.3 Å². The van der Waals surface area contributed by atoms with Gasteiger partial charge in [0.15, 0.2) is 5.78 Å². The lowest BCUT2D eigenvalue weighted by Crippen LogP contribution is -2.17. The van der Waals surface area contributed by atoms with Crippen LogP contribution in [0.2, 0.25) is 5.02 Å². The van der Waals surface area contributed by atoms with E-state index in [1.807, 2.05) is 6.92 Å². The Morgan fingerprint density at radius 2 is 1.70 bits per heavy atom. The number of hydrogen-bond donors (Lipinski definition) is 1. The summed E-state index contributed by atoms with van der Waals surface area (Å²) in [6.07, 6.45) is 0. The standard InChI is InChI=1S/C22H17ClN2O5/c1-2-30-20-10-6-5-9-18(20)24-22(27)16-8-4-3-7-15(16)21(26)14-11-12-17(23)19(13-14)25(28)29/h3-13H,2H2,1H3,(H,24,27). The van der Waals surface area contributed by atoms with E-state index in [2.05, 4.69) is 5.32 Å². The monoisotopic (exact) mass is 424 g/mol. The zero-order chi connectivity index (χ0) is 21.7. The largest absolute Gasteiger partial charge is 0.492 e. The van der Waals surface area contributed by atoms with Crippen molar-refractivity contribution in [2.75, 3.05) is 11.9 Å². The van der Waals surface area contributed by atoms with Crippen molar-refractivity contribution in [3.8, 4) is 5.75 Å². The minimum atomic E-state index is -0.664. The highest BCUT2D eigenvalue weighted by atomic mass is 35.5. The number of para-hydroxylation sites is 2. The Balaban J connectivity index is 1.95. The van der Waals surface area contributed by atoms with E-state index in [0.29, 0.717) is 18.0 Å². The number of amides is 1. The molecule has 0 atom stereocenters. The zero-order valence-corrected chi connectivity index (χ0v) is 16.7. The smallest absolute Gasteiger partial charge is 0.288 e. The van der Waals surface area contributed by atoms with Gasteiger partial charge in [-0.2, -0.15) is 0 Å². The Bertz CT molecular complexity index is 1130. The van der Waals surface area contributed by atoms with Crippen molar-refractivity contribution in [3.63, 3.8) is 0 Å². The van der Waals surface area contributed by atoms with Crippen LogP contribution in [0.5, 0.6) is 5.75 Å². The zero-order valence-electron chi connectivity index (χ0n) is 15.9. The lowest BCUT2D eigenvalue weighted by molar-refractivity contribution is -0.384. The highest BCUT2D eigenvalue weighted by molar-refractivity contribution is 6.33. The normalized spacial score (nSPS) is 10.3. The van der Waals surface area contributed by atoms with E-state index in [0.717, 1.165) is 6.07 Å². The Morgan fingerprint density at radius 1 is 1.03 bits per heavy atom. The summed E-state index contributed by atoms with van der Waals surface area (Å²) in [6, 6.07) is 17.0. The predicted octanol–water partition coefficient (Wildman–Crippen LogP) is 5.13. The molecule has 0 spiro atoms. The van der Waals surface area contributed by atoms with Crippen molar-refractivity contribution in [2.45, 2.75) is 6.92 Å². The molecule has 0 aromatic heterocycles. The van der Waals surface area contributed by atoms with Crippen molar-refractivity contribution in [1.29, 1.82) is 0 Å². The number of benzene rings is 3. The maximum absolute atomic E-state index is 13.0. The molecule has 3 aromatic carbocycles. The number of carbonyl (C=O) groups is 2. The molecule has 0 fully saturated rings. The molecule has 0 aliphatic rings. The SMILES string of the molecule is CCOc1ccccc1NC(=O)c1ccccc1C(=O)c1ccc(Cl)c([N+](=O)[O-])c1. The molecule has 0 aliphatic carbocycles. The van der Waals surface area contributed by atoms with Crippen LogP contribution in [0.15, 0.2) is 66.7 Å². The van der Waals surface area contributed by atoms with Gasteiger partial charge in [0.25, 0.3) is 11.6 Å². The molecule has 0 radical (unpaired) electrons. The molecule has 1 amide bonds. The first-order valence-corrected chi connectivity index (χ1v) is 9.41. The third kappa shape index (κ3) is 4.47. The van der Waals surface area contributed by atoms with E-state index in [9.17, 15) is 19.7 Å². The van der Waals surface area contributed by atoms with E-state index in [1.54, 1.807) is 36.4 Å². The van der Waals surface area contributed by atoms with Gasteiger partial charge in [0, 0.05) is 17.2 Å². The molecule has 0 aliphatic heterocycles. The fourth-order valence-corrected chi connectivity index (χ4v) is 3.06. The minimum Gasteiger partial charge on any atom is -0.492 e. The lowest BCUT2D eigenvalue weighted by atomic mass is 9.97. The first-order valence-electron chi connectivity index (χ1n) is 9.03. The van der Waals surface area contributed by atoms with Gasteiger partial charge in [0.1, 0.15) is 10.8 Å². The number of nitro groups is 1. The number of nitrogens with zero attached hydrogens (tertiary/aromatic N) is 1. The second-order valence-corrected chi connectivity index (χ2v) is 6.59. The number of halogens is 1. The number of rotatable bonds is 7. The Labute approximate surface area is 177 Å². The second kappa shape index (κ2) is 9.19. The van der Waals surface area contributed by atoms with Crippen molar-refractivity contribution < 1.29 is 19.2 Å². The first kappa shape index (κ1) is 21.0. The summed E-state index contributed by atoms with van der Waals surface area (Å²) in [4.78, 5) is 36.4. The van der Waals surface area contributed by atoms with Crippen LogP contribution in [-0.2, 0) is 0 Å². The minimum absolute atomic E-state index is 0.0565. The fourth-order valence-electron chi connectivity index (χ4n) is 2.87. The van der Waals surface area contributed by atoms with Gasteiger partial charge in [-0.3, -0.25) is 19.7 Å². The maximum atomic E-state index is 13.0. The molecule has 8 heteroatoms. The summed E-state index contributed by atoms with van der Waals surface area (Å²) in [6.45, 7) is 2.26. The number of ketones is 1. The molecule has 7 nitrogen and oxygen atoms in total. The van der Waals surface area contributed by atoms with Gasteiger partial charge in [-0.25, -0.2) is 0 Å². The Hall–Kier alpha value is -3.71. The summed E-state index contributed by atoms with van der Waals surface area (Å²) >= 11 is 5.83. The van der Waals surface area contributed by atoms with Gasteiger partial charge in [-0.1, -0.05) is 41.9 Å². The van der Waals surface area contributed by atoms with Gasteiger partial charge < -0.3 is 10.1 Å².